The highest BCUT2D eigenvalue weighted by Crippen LogP contribution is 2.20. The number of fused-ring (bicyclic) bond motifs is 1. The van der Waals surface area contributed by atoms with Crippen molar-refractivity contribution in [3.63, 3.8) is 0 Å². The van der Waals surface area contributed by atoms with Crippen LogP contribution < -0.4 is 10.6 Å². The van der Waals surface area contributed by atoms with Crippen molar-refractivity contribution in [3.05, 3.63) is 22.9 Å². The second kappa shape index (κ2) is 4.88. The lowest BCUT2D eigenvalue weighted by Crippen LogP contribution is -2.36. The molecule has 2 aromatic heterocycles. The lowest BCUT2D eigenvalue weighted by Gasteiger charge is -2.23. The summed E-state index contributed by atoms with van der Waals surface area (Å²) in [6.07, 6.45) is -3.34. The maximum absolute atomic E-state index is 12.4. The summed E-state index contributed by atoms with van der Waals surface area (Å²) in [5.41, 5.74) is -0.376. The number of nitrogens with one attached hydrogen (secondary N) is 1. The molecule has 0 bridgehead atoms. The van der Waals surface area contributed by atoms with Crippen LogP contribution in [0.3, 0.4) is 0 Å². The molecule has 0 aliphatic carbocycles. The highest BCUT2D eigenvalue weighted by Gasteiger charge is 2.31. The fourth-order valence-electron chi connectivity index (χ4n) is 1.58. The Balaban J connectivity index is 2.35. The molecule has 0 radical (unpaired) electrons. The third-order valence-electron chi connectivity index (χ3n) is 2.36. The molecule has 10 heteroatoms. The van der Waals surface area contributed by atoms with Crippen molar-refractivity contribution >= 4 is 11.5 Å². The van der Waals surface area contributed by atoms with Crippen molar-refractivity contribution in [1.29, 1.82) is 0 Å². The molecule has 2 N–H and O–H groups in total. The zero-order valence-corrected chi connectivity index (χ0v) is 9.55. The Morgan fingerprint density at radius 1 is 1.47 bits per heavy atom. The number of hydrogen-bond acceptors (Lipinski definition) is 5. The molecule has 0 aliphatic heterocycles. The molecular weight excluding hydrogens is 267 g/mol. The first-order valence-corrected chi connectivity index (χ1v) is 5.26. The average molecular weight is 277 g/mol. The molecule has 0 aliphatic rings. The van der Waals surface area contributed by atoms with Gasteiger partial charge in [-0.05, 0) is 0 Å². The second-order valence-corrected chi connectivity index (χ2v) is 3.76. The minimum absolute atomic E-state index is 0.0159. The Morgan fingerprint density at radius 3 is 2.84 bits per heavy atom. The van der Waals surface area contributed by atoms with Crippen LogP contribution in [-0.2, 0) is 0 Å². The van der Waals surface area contributed by atoms with Gasteiger partial charge < -0.3 is 10.0 Å². The highest BCUT2D eigenvalue weighted by molar-refractivity contribution is 5.50. The summed E-state index contributed by atoms with van der Waals surface area (Å²) in [5, 5.41) is 14.6. The quantitative estimate of drug-likeness (QED) is 0.806. The number of hydrogen-bond donors (Lipinski definition) is 2. The Hall–Kier alpha value is -2.10. The van der Waals surface area contributed by atoms with Crippen molar-refractivity contribution in [2.24, 2.45) is 0 Å². The van der Waals surface area contributed by atoms with Crippen LogP contribution in [-0.4, -0.2) is 50.6 Å². The fraction of sp³-hybridized carbons (Fsp3) is 0.444. The minimum Gasteiger partial charge on any atom is -0.395 e. The molecule has 0 saturated carbocycles. The van der Waals surface area contributed by atoms with Crippen molar-refractivity contribution in [1.82, 2.24) is 19.6 Å². The highest BCUT2D eigenvalue weighted by atomic mass is 19.4. The van der Waals surface area contributed by atoms with E-state index in [-0.39, 0.29) is 18.0 Å². The smallest absolute Gasteiger partial charge is 0.395 e. The largest absolute Gasteiger partial charge is 0.405 e. The summed E-state index contributed by atoms with van der Waals surface area (Å²) < 4.78 is 38.3. The van der Waals surface area contributed by atoms with Crippen LogP contribution in [0.25, 0.3) is 5.65 Å². The summed E-state index contributed by atoms with van der Waals surface area (Å²) in [7, 11) is 0. The molecule has 19 heavy (non-hydrogen) atoms. The molecule has 0 fully saturated rings. The number of alkyl halides is 3. The third kappa shape index (κ3) is 3.02. The lowest BCUT2D eigenvalue weighted by molar-refractivity contribution is -0.120. The van der Waals surface area contributed by atoms with Crippen LogP contribution in [0, 0.1) is 0 Å². The van der Waals surface area contributed by atoms with Crippen LogP contribution in [0.1, 0.15) is 0 Å². The number of nitrogens with zero attached hydrogens (tertiary/aromatic N) is 4. The minimum atomic E-state index is -4.42. The number of aliphatic hydroxyl groups excluding tert-OH is 1. The molecule has 104 valence electrons. The van der Waals surface area contributed by atoms with Crippen LogP contribution in [0.4, 0.5) is 19.0 Å². The van der Waals surface area contributed by atoms with Crippen LogP contribution >= 0.6 is 0 Å². The van der Waals surface area contributed by atoms with Gasteiger partial charge >= 0.3 is 11.9 Å². The number of halogens is 3. The topological polar surface area (TPSA) is 86.5 Å². The molecule has 0 saturated heterocycles. The standard InChI is InChI=1S/C9H10F3N5O2/c10-9(11,12)4-16(1-2-18)6-3-7-14-15-8(19)17(7)5-13-6/h3,5,18H,1-2,4H2,(H,15,19). The molecule has 2 rings (SSSR count). The van der Waals surface area contributed by atoms with Crippen LogP contribution in [0.2, 0.25) is 0 Å². The number of aromatic amines is 1. The number of H-pyrrole nitrogens is 1. The summed E-state index contributed by atoms with van der Waals surface area (Å²) in [4.78, 5) is 15.8. The van der Waals surface area contributed by atoms with Gasteiger partial charge in [-0.2, -0.15) is 18.3 Å². The van der Waals surface area contributed by atoms with Gasteiger partial charge in [0.15, 0.2) is 5.65 Å². The number of anilines is 1. The molecule has 0 amide bonds. The van der Waals surface area contributed by atoms with Gasteiger partial charge in [0.25, 0.3) is 0 Å². The molecule has 7 nitrogen and oxygen atoms in total. The van der Waals surface area contributed by atoms with Gasteiger partial charge in [-0.1, -0.05) is 0 Å². The van der Waals surface area contributed by atoms with Gasteiger partial charge in [0, 0.05) is 12.6 Å². The normalized spacial score (nSPS) is 12.0. The maximum atomic E-state index is 12.4. The summed E-state index contributed by atoms with van der Waals surface area (Å²) in [5.74, 6) is -0.0159. The Bertz CT molecular complexity index is 620. The lowest BCUT2D eigenvalue weighted by atomic mass is 10.4. The van der Waals surface area contributed by atoms with E-state index in [1.165, 1.54) is 6.07 Å². The van der Waals surface area contributed by atoms with Gasteiger partial charge in [-0.3, -0.25) is 0 Å². The molecule has 2 aromatic rings. The monoisotopic (exact) mass is 277 g/mol. The first-order chi connectivity index (χ1) is 8.90. The zero-order chi connectivity index (χ0) is 14.0. The van der Waals surface area contributed by atoms with Crippen molar-refractivity contribution in [3.8, 4) is 0 Å². The predicted molar refractivity (Wildman–Crippen MR) is 59.0 cm³/mol. The Morgan fingerprint density at radius 2 is 2.21 bits per heavy atom. The van der Waals surface area contributed by atoms with E-state index in [0.29, 0.717) is 0 Å². The van der Waals surface area contributed by atoms with E-state index in [0.717, 1.165) is 15.6 Å². The molecule has 0 atom stereocenters. The molecule has 2 heterocycles. The molecule has 0 aromatic carbocycles. The summed E-state index contributed by atoms with van der Waals surface area (Å²) in [6, 6.07) is 1.24. The van der Waals surface area contributed by atoms with E-state index >= 15 is 0 Å². The van der Waals surface area contributed by atoms with Gasteiger partial charge in [-0.25, -0.2) is 19.3 Å². The third-order valence-corrected chi connectivity index (χ3v) is 2.36. The molecule has 0 spiro atoms. The zero-order valence-electron chi connectivity index (χ0n) is 9.55. The van der Waals surface area contributed by atoms with E-state index in [2.05, 4.69) is 15.2 Å². The van der Waals surface area contributed by atoms with E-state index < -0.39 is 25.0 Å². The van der Waals surface area contributed by atoms with Gasteiger partial charge in [0.2, 0.25) is 0 Å². The number of rotatable bonds is 4. The van der Waals surface area contributed by atoms with Crippen LogP contribution in [0.5, 0.6) is 0 Å². The summed E-state index contributed by atoms with van der Waals surface area (Å²) >= 11 is 0. The molecule has 0 unspecified atom stereocenters. The van der Waals surface area contributed by atoms with E-state index in [4.69, 9.17) is 5.11 Å². The first-order valence-electron chi connectivity index (χ1n) is 5.26. The second-order valence-electron chi connectivity index (χ2n) is 3.76. The average Bonchev–Trinajstić information content (AvgIpc) is 2.68. The van der Waals surface area contributed by atoms with Crippen molar-refractivity contribution < 1.29 is 18.3 Å². The van der Waals surface area contributed by atoms with E-state index in [9.17, 15) is 18.0 Å². The van der Waals surface area contributed by atoms with E-state index in [1.54, 1.807) is 0 Å². The van der Waals surface area contributed by atoms with Crippen molar-refractivity contribution in [2.45, 2.75) is 6.18 Å². The van der Waals surface area contributed by atoms with Gasteiger partial charge in [0.05, 0.1) is 6.61 Å². The Kier molecular flexibility index (Phi) is 3.42. The number of aromatic nitrogens is 4. The van der Waals surface area contributed by atoms with Crippen LogP contribution in [0.15, 0.2) is 17.2 Å². The fourth-order valence-corrected chi connectivity index (χ4v) is 1.58. The first kappa shape index (κ1) is 13.3. The van der Waals surface area contributed by atoms with Gasteiger partial charge in [-0.15, -0.1) is 0 Å². The van der Waals surface area contributed by atoms with Gasteiger partial charge in [0.1, 0.15) is 18.7 Å². The number of aliphatic hydroxyl groups is 1. The summed E-state index contributed by atoms with van der Waals surface area (Å²) in [6.45, 7) is -1.92. The van der Waals surface area contributed by atoms with E-state index in [1.807, 2.05) is 0 Å². The SMILES string of the molecule is O=c1[nH]nc2cc(N(CCO)CC(F)(F)F)ncn12. The molecular formula is C9H10F3N5O2. The Labute approximate surface area is 104 Å². The van der Waals surface area contributed by atoms with Crippen molar-refractivity contribution in [2.75, 3.05) is 24.6 Å². The maximum Gasteiger partial charge on any atom is 0.405 e. The predicted octanol–water partition coefficient (Wildman–Crippen LogP) is -0.221.